The molecule has 0 heterocycles. The first kappa shape index (κ1) is 29.4. The van der Waals surface area contributed by atoms with Crippen LogP contribution in [0.25, 0.3) is 16.7 Å². The van der Waals surface area contributed by atoms with Gasteiger partial charge in [0.25, 0.3) is 6.43 Å². The molecule has 0 saturated heterocycles. The lowest BCUT2D eigenvalue weighted by Crippen LogP contribution is -2.11. The molecule has 0 spiro atoms. The maximum Gasteiger partial charge on any atom is 0.306 e. The van der Waals surface area contributed by atoms with Gasteiger partial charge in [-0.25, -0.2) is 17.6 Å². The van der Waals surface area contributed by atoms with E-state index in [9.17, 15) is 18.0 Å². The van der Waals surface area contributed by atoms with E-state index in [2.05, 4.69) is 19.9 Å². The molecule has 0 amide bonds. The van der Waals surface area contributed by atoms with Gasteiger partial charge in [-0.1, -0.05) is 57.2 Å². The van der Waals surface area contributed by atoms with Gasteiger partial charge in [-0.2, -0.15) is 0 Å². The molecule has 7 heteroatoms. The van der Waals surface area contributed by atoms with Crippen molar-refractivity contribution in [1.82, 2.24) is 0 Å². The molecule has 3 aromatic carbocycles. The summed E-state index contributed by atoms with van der Waals surface area (Å²) in [5.41, 5.74) is 3.04. The van der Waals surface area contributed by atoms with Crippen LogP contribution in [-0.4, -0.2) is 13.1 Å². The van der Waals surface area contributed by atoms with Crippen molar-refractivity contribution in [3.8, 4) is 16.9 Å². The predicted octanol–water partition coefficient (Wildman–Crippen LogP) is 9.41. The van der Waals surface area contributed by atoms with Crippen LogP contribution < -0.4 is 4.74 Å². The molecule has 212 valence electrons. The van der Waals surface area contributed by atoms with Crippen molar-refractivity contribution in [2.24, 2.45) is 5.41 Å². The molecule has 3 aromatic rings. The van der Waals surface area contributed by atoms with Gasteiger partial charge in [-0.15, -0.1) is 0 Å². The Morgan fingerprint density at radius 1 is 1.00 bits per heavy atom. The molecule has 1 aliphatic carbocycles. The lowest BCUT2D eigenvalue weighted by molar-refractivity contribution is -0.141. The van der Waals surface area contributed by atoms with Gasteiger partial charge in [0.05, 0.1) is 13.5 Å². The van der Waals surface area contributed by atoms with Crippen molar-refractivity contribution in [3.05, 3.63) is 94.6 Å². The van der Waals surface area contributed by atoms with Crippen LogP contribution in [0, 0.1) is 17.0 Å². The number of carbonyl (C=O) groups excluding carboxylic acids is 1. The van der Waals surface area contributed by atoms with E-state index in [0.29, 0.717) is 17.5 Å². The van der Waals surface area contributed by atoms with Crippen molar-refractivity contribution in [1.29, 1.82) is 0 Å². The van der Waals surface area contributed by atoms with Crippen molar-refractivity contribution < 1.29 is 31.8 Å². The normalized spacial score (nSPS) is 15.2. The van der Waals surface area contributed by atoms with Gasteiger partial charge in [-0.05, 0) is 82.7 Å². The minimum Gasteiger partial charge on any atom is -0.486 e. The first-order valence-corrected chi connectivity index (χ1v) is 13.5. The molecule has 0 fully saturated rings. The zero-order valence-corrected chi connectivity index (χ0v) is 23.2. The van der Waals surface area contributed by atoms with Crippen LogP contribution in [0.15, 0.2) is 60.7 Å². The number of allylic oxidation sites excluding steroid dienone is 2. The van der Waals surface area contributed by atoms with Crippen LogP contribution in [0.4, 0.5) is 17.6 Å². The van der Waals surface area contributed by atoms with Crippen molar-refractivity contribution in [2.45, 2.75) is 65.4 Å². The Labute approximate surface area is 232 Å². The Kier molecular flexibility index (Phi) is 9.02. The van der Waals surface area contributed by atoms with E-state index in [1.54, 1.807) is 24.3 Å². The van der Waals surface area contributed by atoms with Crippen LogP contribution in [-0.2, 0) is 16.1 Å². The molecule has 3 nitrogen and oxygen atoms in total. The predicted molar refractivity (Wildman–Crippen MR) is 148 cm³/mol. The zero-order valence-electron chi connectivity index (χ0n) is 23.2. The van der Waals surface area contributed by atoms with Crippen LogP contribution in [0.2, 0.25) is 0 Å². The average molecular weight is 555 g/mol. The summed E-state index contributed by atoms with van der Waals surface area (Å²) < 4.78 is 68.0. The second-order valence-electron chi connectivity index (χ2n) is 10.8. The molecule has 0 radical (unpaired) electrons. The van der Waals surface area contributed by atoms with E-state index >= 15 is 4.39 Å². The fraction of sp³-hybridized carbons (Fsp3) is 0.364. The smallest absolute Gasteiger partial charge is 0.306 e. The van der Waals surface area contributed by atoms with Crippen molar-refractivity contribution in [2.75, 3.05) is 7.11 Å². The molecule has 0 N–H and O–H groups in total. The molecule has 40 heavy (non-hydrogen) atoms. The van der Waals surface area contributed by atoms with E-state index in [1.807, 2.05) is 13.0 Å². The van der Waals surface area contributed by atoms with Crippen LogP contribution in [0.3, 0.4) is 0 Å². The summed E-state index contributed by atoms with van der Waals surface area (Å²) in [6, 6.07) is 13.6. The quantitative estimate of drug-likeness (QED) is 0.185. The van der Waals surface area contributed by atoms with E-state index in [1.165, 1.54) is 19.2 Å². The van der Waals surface area contributed by atoms with E-state index in [4.69, 9.17) is 9.47 Å². The Morgan fingerprint density at radius 2 is 1.77 bits per heavy atom. The number of esters is 1. The number of carbonyl (C=O) groups is 1. The highest BCUT2D eigenvalue weighted by Crippen LogP contribution is 2.47. The van der Waals surface area contributed by atoms with Gasteiger partial charge in [0.1, 0.15) is 12.4 Å². The van der Waals surface area contributed by atoms with Gasteiger partial charge in [-0.3, -0.25) is 4.79 Å². The van der Waals surface area contributed by atoms with Gasteiger partial charge in [0.2, 0.25) is 0 Å². The summed E-state index contributed by atoms with van der Waals surface area (Å²) in [5, 5.41) is 0. The number of ether oxygens (including phenoxy) is 2. The summed E-state index contributed by atoms with van der Waals surface area (Å²) >= 11 is 0. The molecule has 1 aliphatic rings. The van der Waals surface area contributed by atoms with Crippen LogP contribution >= 0.6 is 0 Å². The molecule has 1 atom stereocenters. The monoisotopic (exact) mass is 554 g/mol. The van der Waals surface area contributed by atoms with E-state index in [-0.39, 0.29) is 41.2 Å². The Hall–Kier alpha value is -3.61. The Morgan fingerprint density at radius 3 is 2.42 bits per heavy atom. The molecule has 0 unspecified atom stereocenters. The molecule has 0 aromatic heterocycles. The third-order valence-corrected chi connectivity index (χ3v) is 7.71. The van der Waals surface area contributed by atoms with Crippen molar-refractivity contribution >= 4 is 11.5 Å². The molecule has 0 saturated carbocycles. The standard InChI is InChI=1S/C33H34F4O3/c1-5-21(18-30(38)39-4)23-8-6-10-29(31(23)35)40-19-20-11-13-24(25(16-20)27-9-7-15-33(27,2)3)26-17-22(32(36)37)12-14-28(26)34/h6,8-14,16-17,21,32H,5,7,15,18-19H2,1-4H3/t21-/m1/s1. The van der Waals surface area contributed by atoms with Gasteiger partial charge in [0, 0.05) is 11.1 Å². The Bertz CT molecular complexity index is 1410. The summed E-state index contributed by atoms with van der Waals surface area (Å²) in [4.78, 5) is 11.8. The number of benzene rings is 3. The summed E-state index contributed by atoms with van der Waals surface area (Å²) in [5.74, 6) is -1.81. The molecular weight excluding hydrogens is 520 g/mol. The number of alkyl halides is 2. The van der Waals surface area contributed by atoms with Gasteiger partial charge in [0.15, 0.2) is 11.6 Å². The largest absolute Gasteiger partial charge is 0.486 e. The topological polar surface area (TPSA) is 35.5 Å². The maximum atomic E-state index is 15.4. The molecule has 0 aliphatic heterocycles. The number of hydrogen-bond acceptors (Lipinski definition) is 3. The third-order valence-electron chi connectivity index (χ3n) is 7.71. The second-order valence-corrected chi connectivity index (χ2v) is 10.8. The summed E-state index contributed by atoms with van der Waals surface area (Å²) in [6.07, 6.45) is 1.76. The van der Waals surface area contributed by atoms with E-state index < -0.39 is 24.0 Å². The highest BCUT2D eigenvalue weighted by Gasteiger charge is 2.30. The fourth-order valence-corrected chi connectivity index (χ4v) is 5.36. The molecule has 0 bridgehead atoms. The first-order chi connectivity index (χ1) is 19.1. The first-order valence-electron chi connectivity index (χ1n) is 13.5. The minimum absolute atomic E-state index is 0.0364. The fourth-order valence-electron chi connectivity index (χ4n) is 5.36. The maximum absolute atomic E-state index is 15.4. The van der Waals surface area contributed by atoms with Crippen LogP contribution in [0.1, 0.15) is 81.1 Å². The number of halogens is 4. The highest BCUT2D eigenvalue weighted by molar-refractivity contribution is 5.85. The number of hydrogen-bond donors (Lipinski definition) is 0. The average Bonchev–Trinajstić information content (AvgIpc) is 3.29. The van der Waals surface area contributed by atoms with Gasteiger partial charge < -0.3 is 9.47 Å². The third kappa shape index (κ3) is 6.24. The number of methoxy groups -OCH3 is 1. The zero-order chi connectivity index (χ0) is 29.0. The molecule has 4 rings (SSSR count). The van der Waals surface area contributed by atoms with Crippen molar-refractivity contribution in [3.63, 3.8) is 0 Å². The van der Waals surface area contributed by atoms with E-state index in [0.717, 1.165) is 41.7 Å². The highest BCUT2D eigenvalue weighted by atomic mass is 19.3. The van der Waals surface area contributed by atoms with Gasteiger partial charge >= 0.3 is 5.97 Å². The lowest BCUT2D eigenvalue weighted by Gasteiger charge is -2.25. The lowest BCUT2D eigenvalue weighted by atomic mass is 9.79. The molecular formula is C33H34F4O3. The van der Waals surface area contributed by atoms with Crippen LogP contribution in [0.5, 0.6) is 5.75 Å². The summed E-state index contributed by atoms with van der Waals surface area (Å²) in [6.45, 7) is 6.12. The Balaban J connectivity index is 1.68. The summed E-state index contributed by atoms with van der Waals surface area (Å²) in [7, 11) is 1.30. The minimum atomic E-state index is -2.72. The number of rotatable bonds is 10. The second kappa shape index (κ2) is 12.3. The SMILES string of the molecule is CC[C@H](CC(=O)OC)c1cccc(OCc2ccc(-c3cc(C(F)F)ccc3F)c(C3=CCCC3(C)C)c2)c1F.